The number of aryl methyl sites for hydroxylation is 2. The molecule has 1 saturated heterocycles. The van der Waals surface area contributed by atoms with Gasteiger partial charge in [-0.15, -0.1) is 0 Å². The van der Waals surface area contributed by atoms with Gasteiger partial charge < -0.3 is 15.0 Å². The van der Waals surface area contributed by atoms with E-state index in [1.54, 1.807) is 6.20 Å². The van der Waals surface area contributed by atoms with Crippen LogP contribution in [0.3, 0.4) is 0 Å². The number of nitrogens with one attached hydrogen (secondary N) is 1. The van der Waals surface area contributed by atoms with Gasteiger partial charge in [0.25, 0.3) is 5.91 Å². The maximum Gasteiger partial charge on any atom is 0.257 e. The van der Waals surface area contributed by atoms with Crippen molar-refractivity contribution in [3.05, 3.63) is 65.4 Å². The molecule has 0 spiro atoms. The van der Waals surface area contributed by atoms with Crippen LogP contribution < -0.4 is 5.32 Å². The number of carbonyl (C=O) groups is 1. The van der Waals surface area contributed by atoms with Crippen molar-refractivity contribution in [2.45, 2.75) is 13.8 Å². The number of hydrogen-bond donors (Lipinski definition) is 1. The van der Waals surface area contributed by atoms with Gasteiger partial charge in [0.05, 0.1) is 30.0 Å². The molecular formula is C22H23N3O2. The second kappa shape index (κ2) is 7.37. The summed E-state index contributed by atoms with van der Waals surface area (Å²) in [5.41, 5.74) is 5.59. The molecular weight excluding hydrogens is 338 g/mol. The minimum Gasteiger partial charge on any atom is -0.378 e. The van der Waals surface area contributed by atoms with E-state index < -0.39 is 0 Å². The topological polar surface area (TPSA) is 54.5 Å². The monoisotopic (exact) mass is 361 g/mol. The van der Waals surface area contributed by atoms with Crippen molar-refractivity contribution in [2.75, 3.05) is 31.6 Å². The standard InChI is InChI=1S/C22H23N3O2/c1-15-6-5-7-16(2)20(15)24-21-17-8-3-4-9-19(17)23-14-18(21)22(26)25-10-12-27-13-11-25/h3-9,14H,10-13H2,1-2H3,(H,23,24). The molecule has 5 nitrogen and oxygen atoms in total. The zero-order valence-corrected chi connectivity index (χ0v) is 15.7. The number of fused-ring (bicyclic) bond motifs is 1. The third-order valence-electron chi connectivity index (χ3n) is 5.04. The van der Waals surface area contributed by atoms with Crippen LogP contribution in [0.1, 0.15) is 21.5 Å². The maximum absolute atomic E-state index is 13.2. The van der Waals surface area contributed by atoms with Gasteiger partial charge in [0.15, 0.2) is 0 Å². The van der Waals surface area contributed by atoms with Crippen molar-refractivity contribution < 1.29 is 9.53 Å². The number of carbonyl (C=O) groups excluding carboxylic acids is 1. The number of para-hydroxylation sites is 2. The van der Waals surface area contributed by atoms with Crippen LogP contribution in [0.15, 0.2) is 48.7 Å². The predicted molar refractivity (Wildman–Crippen MR) is 108 cm³/mol. The lowest BCUT2D eigenvalue weighted by Gasteiger charge is -2.28. The van der Waals surface area contributed by atoms with Gasteiger partial charge in [-0.1, -0.05) is 36.4 Å². The fraction of sp³-hybridized carbons (Fsp3) is 0.273. The zero-order valence-electron chi connectivity index (χ0n) is 15.7. The summed E-state index contributed by atoms with van der Waals surface area (Å²) in [5.74, 6) is -0.00899. The van der Waals surface area contributed by atoms with Gasteiger partial charge in [0, 0.05) is 30.4 Å². The molecule has 2 aromatic carbocycles. The second-order valence-electron chi connectivity index (χ2n) is 6.86. The van der Waals surface area contributed by atoms with E-state index in [0.717, 1.165) is 33.4 Å². The lowest BCUT2D eigenvalue weighted by Crippen LogP contribution is -2.41. The van der Waals surface area contributed by atoms with Crippen LogP contribution in [0.4, 0.5) is 11.4 Å². The van der Waals surface area contributed by atoms with E-state index in [4.69, 9.17) is 4.74 Å². The molecule has 0 unspecified atom stereocenters. The van der Waals surface area contributed by atoms with E-state index >= 15 is 0 Å². The number of nitrogens with zero attached hydrogens (tertiary/aromatic N) is 2. The summed E-state index contributed by atoms with van der Waals surface area (Å²) in [4.78, 5) is 19.6. The molecule has 1 fully saturated rings. The third kappa shape index (κ3) is 3.38. The first-order valence-electron chi connectivity index (χ1n) is 9.23. The highest BCUT2D eigenvalue weighted by Gasteiger charge is 2.23. The molecule has 1 amide bonds. The smallest absolute Gasteiger partial charge is 0.257 e. The average molecular weight is 361 g/mol. The van der Waals surface area contributed by atoms with Gasteiger partial charge in [0.2, 0.25) is 0 Å². The normalized spacial score (nSPS) is 14.4. The molecule has 4 rings (SSSR count). The van der Waals surface area contributed by atoms with Gasteiger partial charge >= 0.3 is 0 Å². The van der Waals surface area contributed by atoms with Gasteiger partial charge in [-0.05, 0) is 31.0 Å². The van der Waals surface area contributed by atoms with Crippen LogP contribution in [0.5, 0.6) is 0 Å². The lowest BCUT2D eigenvalue weighted by molar-refractivity contribution is 0.0303. The van der Waals surface area contributed by atoms with E-state index in [1.807, 2.05) is 35.2 Å². The summed E-state index contributed by atoms with van der Waals surface area (Å²) in [6, 6.07) is 14.1. The Hall–Kier alpha value is -2.92. The van der Waals surface area contributed by atoms with Gasteiger partial charge in [0.1, 0.15) is 0 Å². The SMILES string of the molecule is Cc1cccc(C)c1Nc1c(C(=O)N2CCOCC2)cnc2ccccc12. The van der Waals surface area contributed by atoms with Crippen LogP contribution in [0.25, 0.3) is 10.9 Å². The van der Waals surface area contributed by atoms with Crippen molar-refractivity contribution in [3.8, 4) is 0 Å². The molecule has 1 aliphatic rings. The minimum atomic E-state index is -0.00899. The Balaban J connectivity index is 1.84. The van der Waals surface area contributed by atoms with E-state index in [0.29, 0.717) is 31.9 Å². The van der Waals surface area contributed by atoms with E-state index in [9.17, 15) is 4.79 Å². The number of anilines is 2. The quantitative estimate of drug-likeness (QED) is 0.764. The Labute approximate surface area is 159 Å². The molecule has 0 saturated carbocycles. The lowest BCUT2D eigenvalue weighted by atomic mass is 10.0. The Kier molecular flexibility index (Phi) is 4.77. The molecule has 0 radical (unpaired) electrons. The van der Waals surface area contributed by atoms with Crippen LogP contribution in [-0.4, -0.2) is 42.1 Å². The van der Waals surface area contributed by atoms with Crippen LogP contribution in [0, 0.1) is 13.8 Å². The fourth-order valence-corrected chi connectivity index (χ4v) is 3.51. The molecule has 5 heteroatoms. The molecule has 1 aliphatic heterocycles. The van der Waals surface area contributed by atoms with Crippen molar-refractivity contribution in [1.29, 1.82) is 0 Å². The summed E-state index contributed by atoms with van der Waals surface area (Å²) in [7, 11) is 0. The molecule has 1 N–H and O–H groups in total. The minimum absolute atomic E-state index is 0.00899. The van der Waals surface area contributed by atoms with Crippen molar-refractivity contribution >= 4 is 28.2 Å². The number of hydrogen-bond acceptors (Lipinski definition) is 4. The van der Waals surface area contributed by atoms with E-state index in [2.05, 4.69) is 36.3 Å². The predicted octanol–water partition coefficient (Wildman–Crippen LogP) is 4.07. The molecule has 2 heterocycles. The number of morpholine rings is 1. The fourth-order valence-electron chi connectivity index (χ4n) is 3.51. The molecule has 0 atom stereocenters. The Morgan fingerprint density at radius 1 is 1.00 bits per heavy atom. The summed E-state index contributed by atoms with van der Waals surface area (Å²) < 4.78 is 5.39. The van der Waals surface area contributed by atoms with Gasteiger partial charge in [-0.25, -0.2) is 0 Å². The van der Waals surface area contributed by atoms with E-state index in [1.165, 1.54) is 0 Å². The van der Waals surface area contributed by atoms with Crippen molar-refractivity contribution in [2.24, 2.45) is 0 Å². The highest BCUT2D eigenvalue weighted by molar-refractivity contribution is 6.08. The van der Waals surface area contributed by atoms with Crippen LogP contribution in [0.2, 0.25) is 0 Å². The Bertz CT molecular complexity index is 974. The number of rotatable bonds is 3. The largest absolute Gasteiger partial charge is 0.378 e. The molecule has 0 aliphatic carbocycles. The first-order chi connectivity index (χ1) is 13.1. The first-order valence-corrected chi connectivity index (χ1v) is 9.23. The summed E-state index contributed by atoms with van der Waals surface area (Å²) in [5, 5.41) is 4.50. The van der Waals surface area contributed by atoms with Gasteiger partial charge in [-0.3, -0.25) is 9.78 Å². The molecule has 1 aromatic heterocycles. The molecule has 0 bridgehead atoms. The molecule has 27 heavy (non-hydrogen) atoms. The zero-order chi connectivity index (χ0) is 18.8. The van der Waals surface area contributed by atoms with Crippen molar-refractivity contribution in [1.82, 2.24) is 9.88 Å². The number of pyridine rings is 1. The Morgan fingerprint density at radius 2 is 1.70 bits per heavy atom. The number of amides is 1. The maximum atomic E-state index is 13.2. The average Bonchev–Trinajstić information content (AvgIpc) is 2.71. The molecule has 3 aromatic rings. The molecule has 138 valence electrons. The first kappa shape index (κ1) is 17.5. The van der Waals surface area contributed by atoms with Gasteiger partial charge in [-0.2, -0.15) is 0 Å². The Morgan fingerprint density at radius 3 is 2.44 bits per heavy atom. The van der Waals surface area contributed by atoms with Crippen LogP contribution >= 0.6 is 0 Å². The van der Waals surface area contributed by atoms with E-state index in [-0.39, 0.29) is 5.91 Å². The second-order valence-corrected chi connectivity index (χ2v) is 6.86. The number of ether oxygens (including phenoxy) is 1. The summed E-state index contributed by atoms with van der Waals surface area (Å²) >= 11 is 0. The number of benzene rings is 2. The highest BCUT2D eigenvalue weighted by atomic mass is 16.5. The summed E-state index contributed by atoms with van der Waals surface area (Å²) in [6.45, 7) is 6.51. The number of aromatic nitrogens is 1. The highest BCUT2D eigenvalue weighted by Crippen LogP contribution is 2.32. The summed E-state index contributed by atoms with van der Waals surface area (Å²) in [6.07, 6.45) is 1.69. The van der Waals surface area contributed by atoms with Crippen molar-refractivity contribution in [3.63, 3.8) is 0 Å². The third-order valence-corrected chi connectivity index (χ3v) is 5.04. The van der Waals surface area contributed by atoms with Crippen LogP contribution in [-0.2, 0) is 4.74 Å².